The van der Waals surface area contributed by atoms with Crippen LogP contribution >= 0.6 is 0 Å². The Hall–Kier alpha value is -3.33. The summed E-state index contributed by atoms with van der Waals surface area (Å²) in [6.45, 7) is 0. The topological polar surface area (TPSA) is 99.5 Å². The number of nitrogens with zero attached hydrogens (tertiary/aromatic N) is 2. The molecule has 2 heterocycles. The summed E-state index contributed by atoms with van der Waals surface area (Å²) in [7, 11) is -0.176. The molecule has 0 aliphatic carbocycles. The molecular weight excluding hydrogens is 406 g/mol. The fourth-order valence-corrected chi connectivity index (χ4v) is 4.97. The van der Waals surface area contributed by atoms with Gasteiger partial charge in [0.1, 0.15) is 5.82 Å². The van der Waals surface area contributed by atoms with Crippen LogP contribution in [0.15, 0.2) is 48.5 Å². The van der Waals surface area contributed by atoms with Crippen LogP contribution in [0.4, 0.5) is 5.82 Å². The van der Waals surface area contributed by atoms with Crippen molar-refractivity contribution in [1.29, 1.82) is 0 Å². The SMILES string of the molecule is COc1ccc(CC(=O)Nc2c3c(nn2-c2ccccc2)CS(=O)(=O)C3)cc1OC. The Labute approximate surface area is 174 Å². The summed E-state index contributed by atoms with van der Waals surface area (Å²) < 4.78 is 36.2. The molecule has 0 spiro atoms. The molecule has 156 valence electrons. The van der Waals surface area contributed by atoms with Gasteiger partial charge in [-0.15, -0.1) is 0 Å². The van der Waals surface area contributed by atoms with Crippen LogP contribution in [0, 0.1) is 0 Å². The van der Waals surface area contributed by atoms with Crippen LogP contribution in [-0.4, -0.2) is 38.3 Å². The maximum Gasteiger partial charge on any atom is 0.229 e. The van der Waals surface area contributed by atoms with Crippen LogP contribution in [-0.2, 0) is 32.6 Å². The van der Waals surface area contributed by atoms with Gasteiger partial charge in [0.2, 0.25) is 5.91 Å². The van der Waals surface area contributed by atoms with Crippen molar-refractivity contribution in [3.63, 3.8) is 0 Å². The fourth-order valence-electron chi connectivity index (χ4n) is 3.48. The monoisotopic (exact) mass is 427 g/mol. The summed E-state index contributed by atoms with van der Waals surface area (Å²) in [6.07, 6.45) is 0.0852. The number of amides is 1. The van der Waals surface area contributed by atoms with E-state index in [1.54, 1.807) is 30.0 Å². The average molecular weight is 427 g/mol. The van der Waals surface area contributed by atoms with Crippen LogP contribution in [0.3, 0.4) is 0 Å². The molecule has 4 rings (SSSR count). The van der Waals surface area contributed by atoms with Gasteiger partial charge in [0, 0.05) is 5.56 Å². The molecule has 0 fully saturated rings. The summed E-state index contributed by atoms with van der Waals surface area (Å²) >= 11 is 0. The van der Waals surface area contributed by atoms with Gasteiger partial charge in [-0.2, -0.15) is 5.10 Å². The number of carbonyl (C=O) groups is 1. The zero-order valence-electron chi connectivity index (χ0n) is 16.6. The Morgan fingerprint density at radius 2 is 1.80 bits per heavy atom. The van der Waals surface area contributed by atoms with Crippen LogP contribution in [0.25, 0.3) is 5.69 Å². The lowest BCUT2D eigenvalue weighted by molar-refractivity contribution is -0.115. The lowest BCUT2D eigenvalue weighted by Gasteiger charge is -2.12. The van der Waals surface area contributed by atoms with Crippen molar-refractivity contribution in [2.45, 2.75) is 17.9 Å². The van der Waals surface area contributed by atoms with E-state index in [1.165, 1.54) is 7.11 Å². The summed E-state index contributed by atoms with van der Waals surface area (Å²) in [6, 6.07) is 14.5. The number of fused-ring (bicyclic) bond motifs is 1. The van der Waals surface area contributed by atoms with E-state index in [1.807, 2.05) is 30.3 Å². The molecule has 30 heavy (non-hydrogen) atoms. The van der Waals surface area contributed by atoms with E-state index in [9.17, 15) is 13.2 Å². The Morgan fingerprint density at radius 1 is 1.07 bits per heavy atom. The number of anilines is 1. The summed E-state index contributed by atoms with van der Waals surface area (Å²) in [5.74, 6) is 0.951. The zero-order chi connectivity index (χ0) is 21.3. The Morgan fingerprint density at radius 3 is 2.50 bits per heavy atom. The van der Waals surface area contributed by atoms with Crippen molar-refractivity contribution >= 4 is 21.6 Å². The number of hydrogen-bond acceptors (Lipinski definition) is 6. The molecule has 1 aromatic heterocycles. The molecule has 1 aliphatic rings. The Bertz CT molecular complexity index is 1200. The van der Waals surface area contributed by atoms with Crippen LogP contribution in [0.1, 0.15) is 16.8 Å². The van der Waals surface area contributed by atoms with Crippen LogP contribution in [0.2, 0.25) is 0 Å². The van der Waals surface area contributed by atoms with E-state index in [4.69, 9.17) is 9.47 Å². The van der Waals surface area contributed by atoms with Gasteiger partial charge in [0.05, 0.1) is 43.5 Å². The summed E-state index contributed by atoms with van der Waals surface area (Å²) in [4.78, 5) is 12.8. The highest BCUT2D eigenvalue weighted by molar-refractivity contribution is 7.90. The third kappa shape index (κ3) is 3.88. The third-order valence-electron chi connectivity index (χ3n) is 4.86. The molecule has 1 amide bonds. The van der Waals surface area contributed by atoms with Gasteiger partial charge in [-0.1, -0.05) is 24.3 Å². The predicted octanol–water partition coefficient (Wildman–Crippen LogP) is 2.50. The zero-order valence-corrected chi connectivity index (χ0v) is 17.4. The minimum Gasteiger partial charge on any atom is -0.493 e. The number of ether oxygens (including phenoxy) is 2. The van der Waals surface area contributed by atoms with Gasteiger partial charge in [0.15, 0.2) is 21.3 Å². The fraction of sp³-hybridized carbons (Fsp3) is 0.238. The number of aromatic nitrogens is 2. The second-order valence-electron chi connectivity index (χ2n) is 6.97. The maximum atomic E-state index is 12.8. The molecule has 9 heteroatoms. The number of para-hydroxylation sites is 1. The third-order valence-corrected chi connectivity index (χ3v) is 6.30. The van der Waals surface area contributed by atoms with E-state index in [0.717, 1.165) is 11.3 Å². The van der Waals surface area contributed by atoms with Crippen molar-refractivity contribution in [2.24, 2.45) is 0 Å². The molecule has 8 nitrogen and oxygen atoms in total. The maximum absolute atomic E-state index is 12.8. The first-order valence-electron chi connectivity index (χ1n) is 9.27. The highest BCUT2D eigenvalue weighted by Crippen LogP contribution is 2.33. The lowest BCUT2D eigenvalue weighted by Crippen LogP contribution is -2.18. The standard InChI is InChI=1S/C21H21N3O5S/c1-28-18-9-8-14(10-19(18)29-2)11-20(25)22-21-16-12-30(26,27)13-17(16)23-24(21)15-6-4-3-5-7-15/h3-10H,11-13H2,1-2H3,(H,22,25). The van der Waals surface area contributed by atoms with Crippen LogP contribution in [0.5, 0.6) is 11.5 Å². The largest absolute Gasteiger partial charge is 0.493 e. The first-order chi connectivity index (χ1) is 14.4. The molecule has 0 atom stereocenters. The van der Waals surface area contributed by atoms with E-state index >= 15 is 0 Å². The smallest absolute Gasteiger partial charge is 0.229 e. The second kappa shape index (κ2) is 7.83. The molecule has 1 N–H and O–H groups in total. The van der Waals surface area contributed by atoms with Crippen molar-refractivity contribution in [1.82, 2.24) is 9.78 Å². The molecule has 1 aliphatic heterocycles. The predicted molar refractivity (Wildman–Crippen MR) is 112 cm³/mol. The normalized spacial score (nSPS) is 14.2. The van der Waals surface area contributed by atoms with E-state index in [-0.39, 0.29) is 23.8 Å². The second-order valence-corrected chi connectivity index (χ2v) is 9.03. The first-order valence-corrected chi connectivity index (χ1v) is 11.1. The highest BCUT2D eigenvalue weighted by atomic mass is 32.2. The minimum atomic E-state index is -3.25. The van der Waals surface area contributed by atoms with Gasteiger partial charge in [-0.05, 0) is 29.8 Å². The molecule has 3 aromatic rings. The number of methoxy groups -OCH3 is 2. The average Bonchev–Trinajstić information content (AvgIpc) is 3.21. The van der Waals surface area contributed by atoms with Gasteiger partial charge >= 0.3 is 0 Å². The lowest BCUT2D eigenvalue weighted by atomic mass is 10.1. The number of carbonyl (C=O) groups excluding carboxylic acids is 1. The molecule has 0 saturated carbocycles. The van der Waals surface area contributed by atoms with Gasteiger partial charge in [-0.25, -0.2) is 13.1 Å². The van der Waals surface area contributed by atoms with Gasteiger partial charge < -0.3 is 14.8 Å². The van der Waals surface area contributed by atoms with Crippen LogP contribution < -0.4 is 14.8 Å². The number of hydrogen-bond donors (Lipinski definition) is 1. The molecule has 0 radical (unpaired) electrons. The summed E-state index contributed by atoms with van der Waals surface area (Å²) in [5.41, 5.74) is 2.49. The van der Waals surface area contributed by atoms with Crippen molar-refractivity contribution < 1.29 is 22.7 Å². The molecule has 2 aromatic carbocycles. The molecule has 0 unspecified atom stereocenters. The van der Waals surface area contributed by atoms with Crippen molar-refractivity contribution in [3.8, 4) is 17.2 Å². The van der Waals surface area contributed by atoms with Gasteiger partial charge in [-0.3, -0.25) is 4.79 Å². The highest BCUT2D eigenvalue weighted by Gasteiger charge is 2.33. The number of sulfone groups is 1. The number of rotatable bonds is 6. The van der Waals surface area contributed by atoms with E-state index in [2.05, 4.69) is 10.4 Å². The Kier molecular flexibility index (Phi) is 5.21. The number of benzene rings is 2. The quantitative estimate of drug-likeness (QED) is 0.649. The Balaban J connectivity index is 1.63. The minimum absolute atomic E-state index is 0.0852. The van der Waals surface area contributed by atoms with Crippen molar-refractivity contribution in [2.75, 3.05) is 19.5 Å². The van der Waals surface area contributed by atoms with E-state index < -0.39 is 9.84 Å². The van der Waals surface area contributed by atoms with E-state index in [0.29, 0.717) is 28.6 Å². The molecular formula is C21H21N3O5S. The molecule has 0 saturated heterocycles. The number of nitrogens with one attached hydrogen (secondary N) is 1. The summed E-state index contributed by atoms with van der Waals surface area (Å²) in [5, 5.41) is 7.32. The molecule has 0 bridgehead atoms. The van der Waals surface area contributed by atoms with Crippen molar-refractivity contribution in [3.05, 3.63) is 65.4 Å². The van der Waals surface area contributed by atoms with Gasteiger partial charge in [0.25, 0.3) is 0 Å². The first kappa shape index (κ1) is 20.0.